The van der Waals surface area contributed by atoms with Gasteiger partial charge in [0.15, 0.2) is 0 Å². The van der Waals surface area contributed by atoms with E-state index in [-0.39, 0.29) is 5.41 Å². The number of thiophene rings is 1. The van der Waals surface area contributed by atoms with Crippen LogP contribution in [0.2, 0.25) is 0 Å². The molecule has 0 atom stereocenters. The van der Waals surface area contributed by atoms with E-state index in [2.05, 4.69) is 56.7 Å². The number of aromatic nitrogens is 3. The summed E-state index contributed by atoms with van der Waals surface area (Å²) in [7, 11) is 0. The molecule has 0 aliphatic heterocycles. The van der Waals surface area contributed by atoms with Gasteiger partial charge in [0, 0.05) is 16.8 Å². The minimum absolute atomic E-state index is 0.0802. The summed E-state index contributed by atoms with van der Waals surface area (Å²) in [4.78, 5) is 1.35. The summed E-state index contributed by atoms with van der Waals surface area (Å²) in [5.74, 6) is 3.05. The third-order valence-electron chi connectivity index (χ3n) is 5.10. The van der Waals surface area contributed by atoms with E-state index in [4.69, 9.17) is 0 Å². The van der Waals surface area contributed by atoms with Crippen LogP contribution in [0, 0.1) is 0 Å². The van der Waals surface area contributed by atoms with Crippen molar-refractivity contribution in [3.8, 4) is 0 Å². The second kappa shape index (κ2) is 5.45. The van der Waals surface area contributed by atoms with Gasteiger partial charge < -0.3 is 4.57 Å². The molecule has 2 aromatic rings. The van der Waals surface area contributed by atoms with E-state index < -0.39 is 0 Å². The molecule has 0 amide bonds. The Morgan fingerprint density at radius 3 is 2.45 bits per heavy atom. The Bertz CT molecular complexity index is 678. The van der Waals surface area contributed by atoms with Gasteiger partial charge in [-0.1, -0.05) is 12.8 Å². The molecule has 2 heterocycles. The maximum absolute atomic E-state index is 4.68. The van der Waals surface area contributed by atoms with E-state index >= 15 is 0 Å². The van der Waals surface area contributed by atoms with E-state index in [9.17, 15) is 0 Å². The standard InChI is InChI=1S/C17H22BrN3S/c1-17(2,13-9-10-14(18)22-13)16-20-19-15(11-5-3-4-6-11)21(16)12-7-8-12/h9-12H,3-8H2,1-2H3. The molecule has 2 saturated carbocycles. The van der Waals surface area contributed by atoms with Crippen LogP contribution in [0.25, 0.3) is 0 Å². The highest BCUT2D eigenvalue weighted by Gasteiger charge is 2.39. The third-order valence-corrected chi connectivity index (χ3v) is 7.05. The molecule has 4 rings (SSSR count). The molecular formula is C17H22BrN3S. The number of hydrogen-bond acceptors (Lipinski definition) is 3. The topological polar surface area (TPSA) is 30.7 Å². The van der Waals surface area contributed by atoms with Crippen LogP contribution >= 0.6 is 27.3 Å². The lowest BCUT2D eigenvalue weighted by atomic mass is 9.90. The van der Waals surface area contributed by atoms with E-state index in [0.717, 1.165) is 5.82 Å². The first-order valence-electron chi connectivity index (χ1n) is 8.28. The van der Waals surface area contributed by atoms with Crippen molar-refractivity contribution in [1.82, 2.24) is 14.8 Å². The van der Waals surface area contributed by atoms with Gasteiger partial charge >= 0.3 is 0 Å². The van der Waals surface area contributed by atoms with Gasteiger partial charge in [-0.2, -0.15) is 0 Å². The summed E-state index contributed by atoms with van der Waals surface area (Å²) in [6.07, 6.45) is 7.84. The summed E-state index contributed by atoms with van der Waals surface area (Å²) in [5, 5.41) is 9.35. The second-order valence-electron chi connectivity index (χ2n) is 7.19. The Morgan fingerprint density at radius 1 is 1.14 bits per heavy atom. The molecule has 0 unspecified atom stereocenters. The van der Waals surface area contributed by atoms with Gasteiger partial charge in [-0.25, -0.2) is 0 Å². The zero-order valence-electron chi connectivity index (χ0n) is 13.2. The number of hydrogen-bond donors (Lipinski definition) is 0. The Balaban J connectivity index is 1.78. The van der Waals surface area contributed by atoms with Crippen LogP contribution in [-0.4, -0.2) is 14.8 Å². The molecule has 3 nitrogen and oxygen atoms in total. The minimum atomic E-state index is -0.0802. The molecule has 0 N–H and O–H groups in total. The Labute approximate surface area is 144 Å². The van der Waals surface area contributed by atoms with Crippen molar-refractivity contribution < 1.29 is 0 Å². The Kier molecular flexibility index (Phi) is 3.68. The fraction of sp³-hybridized carbons (Fsp3) is 0.647. The summed E-state index contributed by atoms with van der Waals surface area (Å²) < 4.78 is 3.69. The summed E-state index contributed by atoms with van der Waals surface area (Å²) in [6.45, 7) is 4.57. The molecule has 22 heavy (non-hydrogen) atoms. The first-order valence-corrected chi connectivity index (χ1v) is 9.89. The van der Waals surface area contributed by atoms with Crippen LogP contribution in [0.5, 0.6) is 0 Å². The normalized spacial score (nSPS) is 20.0. The van der Waals surface area contributed by atoms with E-state index in [1.165, 1.54) is 53.0 Å². The molecule has 2 aromatic heterocycles. The fourth-order valence-electron chi connectivity index (χ4n) is 3.65. The highest BCUT2D eigenvalue weighted by atomic mass is 79.9. The van der Waals surface area contributed by atoms with Gasteiger partial charge in [-0.3, -0.25) is 0 Å². The number of rotatable bonds is 4. The molecule has 2 aliphatic carbocycles. The van der Waals surface area contributed by atoms with Crippen molar-refractivity contribution in [2.45, 2.75) is 69.7 Å². The van der Waals surface area contributed by atoms with Crippen LogP contribution in [0.1, 0.15) is 80.9 Å². The average molecular weight is 380 g/mol. The van der Waals surface area contributed by atoms with Crippen LogP contribution in [0.4, 0.5) is 0 Å². The molecule has 0 aromatic carbocycles. The molecule has 118 valence electrons. The highest BCUT2D eigenvalue weighted by molar-refractivity contribution is 9.11. The Morgan fingerprint density at radius 2 is 1.86 bits per heavy atom. The molecule has 0 saturated heterocycles. The number of halogens is 1. The monoisotopic (exact) mass is 379 g/mol. The van der Waals surface area contributed by atoms with Crippen LogP contribution < -0.4 is 0 Å². The smallest absolute Gasteiger partial charge is 0.144 e. The zero-order valence-corrected chi connectivity index (χ0v) is 15.6. The van der Waals surface area contributed by atoms with Crippen molar-refractivity contribution in [3.63, 3.8) is 0 Å². The van der Waals surface area contributed by atoms with Crippen molar-refractivity contribution in [2.75, 3.05) is 0 Å². The average Bonchev–Trinajstić information content (AvgIpc) is 2.95. The SMILES string of the molecule is CC(C)(c1ccc(Br)s1)c1nnc(C2CCCC2)n1C1CC1. The summed E-state index contributed by atoms with van der Waals surface area (Å²) >= 11 is 5.40. The molecule has 2 aliphatic rings. The molecule has 5 heteroatoms. The van der Waals surface area contributed by atoms with Crippen LogP contribution in [0.15, 0.2) is 15.9 Å². The lowest BCUT2D eigenvalue weighted by molar-refractivity contribution is 0.517. The number of nitrogens with zero attached hydrogens (tertiary/aromatic N) is 3. The lowest BCUT2D eigenvalue weighted by Crippen LogP contribution is -2.24. The summed E-state index contributed by atoms with van der Waals surface area (Å²) in [6, 6.07) is 5.00. The van der Waals surface area contributed by atoms with Gasteiger partial charge in [-0.15, -0.1) is 21.5 Å². The predicted octanol–water partition coefficient (Wildman–Crippen LogP) is 5.42. The zero-order chi connectivity index (χ0) is 15.3. The maximum atomic E-state index is 4.68. The van der Waals surface area contributed by atoms with Gasteiger partial charge in [0.25, 0.3) is 0 Å². The highest BCUT2D eigenvalue weighted by Crippen LogP contribution is 2.45. The van der Waals surface area contributed by atoms with Gasteiger partial charge in [0.2, 0.25) is 0 Å². The second-order valence-corrected chi connectivity index (χ2v) is 9.66. The predicted molar refractivity (Wildman–Crippen MR) is 93.6 cm³/mol. The van der Waals surface area contributed by atoms with Crippen molar-refractivity contribution in [2.24, 2.45) is 0 Å². The first-order chi connectivity index (χ1) is 10.6. The van der Waals surface area contributed by atoms with Crippen LogP contribution in [0.3, 0.4) is 0 Å². The minimum Gasteiger partial charge on any atom is -0.311 e. The third kappa shape index (κ3) is 2.46. The van der Waals surface area contributed by atoms with Gasteiger partial charge in [0.1, 0.15) is 11.6 Å². The van der Waals surface area contributed by atoms with E-state index in [1.54, 1.807) is 0 Å². The van der Waals surface area contributed by atoms with Gasteiger partial charge in [0.05, 0.1) is 9.20 Å². The fourth-order valence-corrected chi connectivity index (χ4v) is 5.13. The molecule has 0 bridgehead atoms. The molecule has 0 radical (unpaired) electrons. The lowest BCUT2D eigenvalue weighted by Gasteiger charge is -2.24. The molecular weight excluding hydrogens is 358 g/mol. The summed E-state index contributed by atoms with van der Waals surface area (Å²) in [5.41, 5.74) is -0.0802. The quantitative estimate of drug-likeness (QED) is 0.709. The van der Waals surface area contributed by atoms with Crippen molar-refractivity contribution >= 4 is 27.3 Å². The molecule has 0 spiro atoms. The van der Waals surface area contributed by atoms with E-state index in [1.807, 2.05) is 11.3 Å². The first kappa shape index (κ1) is 14.9. The Hall–Kier alpha value is -0.680. The maximum Gasteiger partial charge on any atom is 0.144 e. The van der Waals surface area contributed by atoms with Gasteiger partial charge in [-0.05, 0) is 67.6 Å². The van der Waals surface area contributed by atoms with Crippen molar-refractivity contribution in [1.29, 1.82) is 0 Å². The van der Waals surface area contributed by atoms with E-state index in [0.29, 0.717) is 12.0 Å². The van der Waals surface area contributed by atoms with Crippen LogP contribution in [-0.2, 0) is 5.41 Å². The largest absolute Gasteiger partial charge is 0.311 e. The van der Waals surface area contributed by atoms with Crippen molar-refractivity contribution in [3.05, 3.63) is 32.4 Å². The molecule has 2 fully saturated rings.